The van der Waals surface area contributed by atoms with Crippen LogP contribution in [0, 0.1) is 6.92 Å². The molecule has 3 N–H and O–H groups in total. The number of anilines is 2. The number of nitrogens with one attached hydrogen (secondary N) is 1. The van der Waals surface area contributed by atoms with Crippen molar-refractivity contribution in [3.8, 4) is 5.75 Å². The molecule has 0 bridgehead atoms. The van der Waals surface area contributed by atoms with Gasteiger partial charge in [0.25, 0.3) is 0 Å². The molecule has 0 spiro atoms. The molecule has 0 aliphatic heterocycles. The van der Waals surface area contributed by atoms with Gasteiger partial charge in [-0.2, -0.15) is 0 Å². The third-order valence-electron chi connectivity index (χ3n) is 2.35. The number of nitrogens with zero attached hydrogens (tertiary/aromatic N) is 2. The minimum atomic E-state index is -0.249. The van der Waals surface area contributed by atoms with E-state index in [0.717, 1.165) is 4.90 Å². The number of aryl methyl sites for hydroxylation is 1. The molecule has 2 rings (SSSR count). The van der Waals surface area contributed by atoms with Gasteiger partial charge in [-0.3, -0.25) is 10.1 Å². The van der Waals surface area contributed by atoms with Crippen LogP contribution in [0.1, 0.15) is 5.89 Å². The van der Waals surface area contributed by atoms with Crippen molar-refractivity contribution in [2.75, 3.05) is 23.9 Å². The molecule has 0 atom stereocenters. The van der Waals surface area contributed by atoms with E-state index in [-0.39, 0.29) is 17.7 Å². The molecule has 20 heavy (non-hydrogen) atoms. The smallest absolute Gasteiger partial charge is 0.322 e. The highest BCUT2D eigenvalue weighted by Crippen LogP contribution is 2.29. The van der Waals surface area contributed by atoms with Crippen molar-refractivity contribution >= 4 is 29.4 Å². The van der Waals surface area contributed by atoms with Crippen molar-refractivity contribution in [3.63, 3.8) is 0 Å². The molecule has 1 aromatic carbocycles. The molecule has 0 unspecified atom stereocenters. The number of methoxy groups -OCH3 is 1. The first-order valence-corrected chi connectivity index (χ1v) is 6.73. The molecular formula is C12H14N4O3S. The van der Waals surface area contributed by atoms with Crippen LogP contribution in [0.15, 0.2) is 27.5 Å². The van der Waals surface area contributed by atoms with Gasteiger partial charge in [-0.05, 0) is 18.2 Å². The third kappa shape index (κ3) is 3.64. The summed E-state index contributed by atoms with van der Waals surface area (Å²) in [6.07, 6.45) is 0. The lowest BCUT2D eigenvalue weighted by Crippen LogP contribution is -2.14. The van der Waals surface area contributed by atoms with Crippen molar-refractivity contribution in [1.82, 2.24) is 10.2 Å². The molecule has 0 saturated carbocycles. The van der Waals surface area contributed by atoms with Crippen molar-refractivity contribution in [2.45, 2.75) is 11.8 Å². The summed E-state index contributed by atoms with van der Waals surface area (Å²) in [5, 5.41) is 9.81. The fraction of sp³-hybridized carbons (Fsp3) is 0.250. The molecule has 7 nitrogen and oxygen atoms in total. The van der Waals surface area contributed by atoms with E-state index >= 15 is 0 Å². The quantitative estimate of drug-likeness (QED) is 0.639. The first-order valence-electron chi connectivity index (χ1n) is 5.75. The third-order valence-corrected chi connectivity index (χ3v) is 3.42. The molecule has 0 radical (unpaired) electrons. The highest BCUT2D eigenvalue weighted by Gasteiger charge is 2.10. The lowest BCUT2D eigenvalue weighted by atomic mass is 10.3. The number of benzene rings is 1. The van der Waals surface area contributed by atoms with Gasteiger partial charge in [0.15, 0.2) is 0 Å². The molecule has 1 heterocycles. The summed E-state index contributed by atoms with van der Waals surface area (Å²) in [5.74, 6) is 1.01. The Bertz CT molecular complexity index is 614. The molecule has 0 aliphatic carbocycles. The van der Waals surface area contributed by atoms with Crippen LogP contribution in [0.3, 0.4) is 0 Å². The number of thioether (sulfide) groups is 1. The van der Waals surface area contributed by atoms with E-state index in [1.165, 1.54) is 11.8 Å². The number of hydrogen-bond donors (Lipinski definition) is 2. The zero-order valence-corrected chi connectivity index (χ0v) is 11.9. The maximum Gasteiger partial charge on any atom is 0.322 e. The lowest BCUT2D eigenvalue weighted by Gasteiger charge is -2.07. The Balaban J connectivity index is 1.93. The molecule has 8 heteroatoms. The molecule has 0 aliphatic rings. The molecule has 106 valence electrons. The van der Waals surface area contributed by atoms with Crippen LogP contribution in [0.5, 0.6) is 5.75 Å². The number of aromatic nitrogens is 2. The van der Waals surface area contributed by atoms with Crippen molar-refractivity contribution in [2.24, 2.45) is 0 Å². The molecule has 1 aromatic heterocycles. The number of carbonyl (C=O) groups is 1. The van der Waals surface area contributed by atoms with Gasteiger partial charge in [0.1, 0.15) is 5.75 Å². The summed E-state index contributed by atoms with van der Waals surface area (Å²) >= 11 is 1.30. The standard InChI is InChI=1S/C12H14N4O3S/c1-7-15-16-12(19-7)14-11(17)6-20-10-5-8(18-2)3-4-9(10)13/h3-5H,6,13H2,1-2H3,(H,14,16,17). The second-order valence-corrected chi connectivity index (χ2v) is 4.88. The monoisotopic (exact) mass is 294 g/mol. The normalized spacial score (nSPS) is 10.3. The largest absolute Gasteiger partial charge is 0.497 e. The number of amides is 1. The Morgan fingerprint density at radius 1 is 1.50 bits per heavy atom. The van der Waals surface area contributed by atoms with Crippen LogP contribution in [0.4, 0.5) is 11.7 Å². The fourth-order valence-corrected chi connectivity index (χ4v) is 2.21. The van der Waals surface area contributed by atoms with E-state index in [4.69, 9.17) is 14.9 Å². The van der Waals surface area contributed by atoms with E-state index in [1.807, 2.05) is 0 Å². The Morgan fingerprint density at radius 3 is 2.95 bits per heavy atom. The van der Waals surface area contributed by atoms with Gasteiger partial charge in [0, 0.05) is 17.5 Å². The molecule has 0 fully saturated rings. The molecule has 0 saturated heterocycles. The van der Waals surface area contributed by atoms with Gasteiger partial charge in [0.05, 0.1) is 12.9 Å². The van der Waals surface area contributed by atoms with Crippen molar-refractivity contribution in [1.29, 1.82) is 0 Å². The molecule has 2 aromatic rings. The van der Waals surface area contributed by atoms with Gasteiger partial charge in [-0.25, -0.2) is 0 Å². The number of nitrogen functional groups attached to an aromatic ring is 1. The first-order chi connectivity index (χ1) is 9.58. The van der Waals surface area contributed by atoms with Crippen LogP contribution >= 0.6 is 11.8 Å². The second-order valence-electron chi connectivity index (χ2n) is 3.87. The fourth-order valence-electron chi connectivity index (χ4n) is 1.41. The minimum absolute atomic E-state index is 0.0896. The predicted molar refractivity (Wildman–Crippen MR) is 75.8 cm³/mol. The van der Waals surface area contributed by atoms with Gasteiger partial charge in [-0.1, -0.05) is 5.10 Å². The van der Waals surface area contributed by atoms with Crippen LogP contribution in [-0.2, 0) is 4.79 Å². The number of rotatable bonds is 5. The summed E-state index contributed by atoms with van der Waals surface area (Å²) in [6.45, 7) is 1.65. The van der Waals surface area contributed by atoms with Gasteiger partial charge >= 0.3 is 6.01 Å². The summed E-state index contributed by atoms with van der Waals surface area (Å²) in [4.78, 5) is 12.5. The Morgan fingerprint density at radius 2 is 2.30 bits per heavy atom. The maximum atomic E-state index is 11.7. The van der Waals surface area contributed by atoms with E-state index in [9.17, 15) is 4.79 Å². The summed E-state index contributed by atoms with van der Waals surface area (Å²) in [5.41, 5.74) is 6.43. The highest BCUT2D eigenvalue weighted by molar-refractivity contribution is 8.00. The molecular weight excluding hydrogens is 280 g/mol. The topological polar surface area (TPSA) is 103 Å². The van der Waals surface area contributed by atoms with Gasteiger partial charge < -0.3 is 14.9 Å². The van der Waals surface area contributed by atoms with Gasteiger partial charge in [0.2, 0.25) is 11.8 Å². The van der Waals surface area contributed by atoms with Crippen molar-refractivity contribution < 1.29 is 13.9 Å². The summed E-state index contributed by atoms with van der Waals surface area (Å²) < 4.78 is 10.2. The van der Waals surface area contributed by atoms with Crippen LogP contribution in [-0.4, -0.2) is 29.0 Å². The number of ether oxygens (including phenoxy) is 1. The number of hydrogen-bond acceptors (Lipinski definition) is 7. The highest BCUT2D eigenvalue weighted by atomic mass is 32.2. The Kier molecular flexibility index (Phi) is 4.46. The van der Waals surface area contributed by atoms with E-state index in [0.29, 0.717) is 17.3 Å². The van der Waals surface area contributed by atoms with Crippen molar-refractivity contribution in [3.05, 3.63) is 24.1 Å². The summed E-state index contributed by atoms with van der Waals surface area (Å²) in [6, 6.07) is 5.37. The number of nitrogens with two attached hydrogens (primary N) is 1. The zero-order chi connectivity index (χ0) is 14.5. The van der Waals surface area contributed by atoms with Crippen LogP contribution < -0.4 is 15.8 Å². The maximum absolute atomic E-state index is 11.7. The summed E-state index contributed by atoms with van der Waals surface area (Å²) in [7, 11) is 1.57. The van der Waals surface area contributed by atoms with Crippen LogP contribution in [0.25, 0.3) is 0 Å². The minimum Gasteiger partial charge on any atom is -0.497 e. The lowest BCUT2D eigenvalue weighted by molar-refractivity contribution is -0.113. The average molecular weight is 294 g/mol. The second kappa shape index (κ2) is 6.29. The van der Waals surface area contributed by atoms with E-state index in [2.05, 4.69) is 15.5 Å². The Hall–Kier alpha value is -2.22. The van der Waals surface area contributed by atoms with E-state index < -0.39 is 0 Å². The number of carbonyl (C=O) groups excluding carboxylic acids is 1. The van der Waals surface area contributed by atoms with Crippen LogP contribution in [0.2, 0.25) is 0 Å². The van der Waals surface area contributed by atoms with E-state index in [1.54, 1.807) is 32.2 Å². The first kappa shape index (κ1) is 14.2. The van der Waals surface area contributed by atoms with Gasteiger partial charge in [-0.15, -0.1) is 16.9 Å². The zero-order valence-electron chi connectivity index (χ0n) is 11.0. The average Bonchev–Trinajstić information content (AvgIpc) is 2.83. The Labute approximate surface area is 119 Å². The SMILES string of the molecule is COc1ccc(N)c(SCC(=O)Nc2nnc(C)o2)c1. The predicted octanol–water partition coefficient (Wildman–Crippen LogP) is 1.70. The molecule has 1 amide bonds.